The molecule has 1 aliphatic heterocycles. The first-order chi connectivity index (χ1) is 9.20. The molecule has 2 atom stereocenters. The predicted molar refractivity (Wildman–Crippen MR) is 83.7 cm³/mol. The Morgan fingerprint density at radius 2 is 2.00 bits per heavy atom. The summed E-state index contributed by atoms with van der Waals surface area (Å²) in [5.41, 5.74) is 0.185. The van der Waals surface area contributed by atoms with Crippen molar-refractivity contribution in [2.45, 2.75) is 51.6 Å². The van der Waals surface area contributed by atoms with Gasteiger partial charge >= 0.3 is 0 Å². The first-order valence-electron chi connectivity index (χ1n) is 7.86. The second-order valence-corrected chi connectivity index (χ2v) is 9.72. The van der Waals surface area contributed by atoms with Gasteiger partial charge in [-0.2, -0.15) is 0 Å². The van der Waals surface area contributed by atoms with E-state index in [1.165, 1.54) is 19.1 Å². The molecule has 20 heavy (non-hydrogen) atoms. The smallest absolute Gasteiger partial charge is 0.148 e. The van der Waals surface area contributed by atoms with Gasteiger partial charge in [0.1, 0.15) is 9.84 Å². The van der Waals surface area contributed by atoms with Crippen LogP contribution < -0.4 is 5.32 Å². The molecular formula is C15H30N2O2S. The summed E-state index contributed by atoms with van der Waals surface area (Å²) in [4.78, 5) is 2.43. The van der Waals surface area contributed by atoms with Gasteiger partial charge in [-0.05, 0) is 38.0 Å². The topological polar surface area (TPSA) is 49.4 Å². The molecule has 118 valence electrons. The van der Waals surface area contributed by atoms with Crippen molar-refractivity contribution in [3.05, 3.63) is 0 Å². The molecule has 1 saturated heterocycles. The molecule has 4 nitrogen and oxygen atoms in total. The molecule has 0 amide bonds. The highest BCUT2D eigenvalue weighted by molar-refractivity contribution is 7.90. The first kappa shape index (κ1) is 16.2. The Bertz CT molecular complexity index is 431. The van der Waals surface area contributed by atoms with E-state index in [1.54, 1.807) is 0 Å². The van der Waals surface area contributed by atoms with Gasteiger partial charge in [-0.3, -0.25) is 4.90 Å². The van der Waals surface area contributed by atoms with Crippen molar-refractivity contribution in [1.82, 2.24) is 10.2 Å². The van der Waals surface area contributed by atoms with E-state index in [9.17, 15) is 8.42 Å². The summed E-state index contributed by atoms with van der Waals surface area (Å²) >= 11 is 0. The van der Waals surface area contributed by atoms with Crippen molar-refractivity contribution in [2.24, 2.45) is 11.8 Å². The summed E-state index contributed by atoms with van der Waals surface area (Å²) in [6.45, 7) is 9.45. The number of piperazine rings is 1. The lowest BCUT2D eigenvalue weighted by Gasteiger charge is -2.47. The highest BCUT2D eigenvalue weighted by Gasteiger charge is 2.45. The average Bonchev–Trinajstić information content (AvgIpc) is 3.12. The van der Waals surface area contributed by atoms with Gasteiger partial charge in [0.15, 0.2) is 0 Å². The minimum atomic E-state index is -2.88. The van der Waals surface area contributed by atoms with Gasteiger partial charge in [-0.1, -0.05) is 13.8 Å². The van der Waals surface area contributed by atoms with Crippen molar-refractivity contribution in [3.8, 4) is 0 Å². The van der Waals surface area contributed by atoms with Crippen molar-refractivity contribution in [2.75, 3.05) is 31.6 Å². The Labute approximate surface area is 124 Å². The molecule has 0 bridgehead atoms. The van der Waals surface area contributed by atoms with Crippen molar-refractivity contribution < 1.29 is 8.42 Å². The van der Waals surface area contributed by atoms with E-state index in [4.69, 9.17) is 0 Å². The number of hydrogen-bond donors (Lipinski definition) is 1. The van der Waals surface area contributed by atoms with E-state index in [2.05, 4.69) is 31.0 Å². The molecular weight excluding hydrogens is 272 g/mol. The SMILES string of the molecule is CC(C)CC1CNC(C)(C2CC2)CN1CCS(C)(=O)=O. The van der Waals surface area contributed by atoms with Crippen LogP contribution in [0.5, 0.6) is 0 Å². The maximum Gasteiger partial charge on any atom is 0.148 e. The number of sulfone groups is 1. The molecule has 0 aromatic rings. The molecule has 1 N–H and O–H groups in total. The number of hydrogen-bond acceptors (Lipinski definition) is 4. The fourth-order valence-corrected chi connectivity index (χ4v) is 3.97. The third kappa shape index (κ3) is 4.43. The predicted octanol–water partition coefficient (Wildman–Crippen LogP) is 1.52. The minimum absolute atomic E-state index is 0.185. The van der Waals surface area contributed by atoms with Crippen LogP contribution in [0.4, 0.5) is 0 Å². The van der Waals surface area contributed by atoms with Crippen LogP contribution in [0.15, 0.2) is 0 Å². The average molecular weight is 302 g/mol. The third-order valence-corrected chi connectivity index (χ3v) is 5.68. The van der Waals surface area contributed by atoms with E-state index in [0.717, 1.165) is 25.4 Å². The normalized spacial score (nSPS) is 32.8. The fraction of sp³-hybridized carbons (Fsp3) is 1.00. The minimum Gasteiger partial charge on any atom is -0.308 e. The van der Waals surface area contributed by atoms with Gasteiger partial charge in [0.25, 0.3) is 0 Å². The van der Waals surface area contributed by atoms with E-state index >= 15 is 0 Å². The quantitative estimate of drug-likeness (QED) is 0.808. The maximum atomic E-state index is 11.5. The molecule has 5 heteroatoms. The lowest BCUT2D eigenvalue weighted by Crippen LogP contribution is -2.64. The number of nitrogens with zero attached hydrogens (tertiary/aromatic N) is 1. The fourth-order valence-electron chi connectivity index (χ4n) is 3.40. The summed E-state index contributed by atoms with van der Waals surface area (Å²) in [7, 11) is -2.88. The van der Waals surface area contributed by atoms with Crippen LogP contribution in [0, 0.1) is 11.8 Å². The van der Waals surface area contributed by atoms with Crippen LogP contribution in [-0.4, -0.2) is 56.5 Å². The van der Waals surface area contributed by atoms with Gasteiger partial charge in [-0.15, -0.1) is 0 Å². The highest BCUT2D eigenvalue weighted by atomic mass is 32.2. The maximum absolute atomic E-state index is 11.5. The molecule has 0 spiro atoms. The van der Waals surface area contributed by atoms with Crippen molar-refractivity contribution >= 4 is 9.84 Å². The van der Waals surface area contributed by atoms with E-state index in [0.29, 0.717) is 18.5 Å². The highest BCUT2D eigenvalue weighted by Crippen LogP contribution is 2.41. The molecule has 1 heterocycles. The first-order valence-corrected chi connectivity index (χ1v) is 9.92. The zero-order chi connectivity index (χ0) is 15.0. The lowest BCUT2D eigenvalue weighted by molar-refractivity contribution is 0.0697. The molecule has 2 unspecified atom stereocenters. The summed E-state index contributed by atoms with van der Waals surface area (Å²) in [6.07, 6.45) is 5.11. The molecule has 0 aromatic carbocycles. The van der Waals surface area contributed by atoms with E-state index in [1.807, 2.05) is 0 Å². The zero-order valence-corrected chi connectivity index (χ0v) is 14.2. The van der Waals surface area contributed by atoms with Crippen LogP contribution in [0.25, 0.3) is 0 Å². The Kier molecular flexibility index (Phi) is 4.82. The molecule has 1 saturated carbocycles. The molecule has 0 aromatic heterocycles. The van der Waals surface area contributed by atoms with Crippen LogP contribution >= 0.6 is 0 Å². The third-order valence-electron chi connectivity index (χ3n) is 4.76. The van der Waals surface area contributed by atoms with Gasteiger partial charge in [0.05, 0.1) is 5.75 Å². The van der Waals surface area contributed by atoms with Gasteiger partial charge in [0, 0.05) is 37.5 Å². The standard InChI is InChI=1S/C15H30N2O2S/c1-12(2)9-14-10-16-15(3,13-5-6-13)11-17(14)7-8-20(4,18)19/h12-14,16H,5-11H2,1-4H3. The monoisotopic (exact) mass is 302 g/mol. The Morgan fingerprint density at radius 3 is 2.50 bits per heavy atom. The van der Waals surface area contributed by atoms with Crippen LogP contribution in [0.2, 0.25) is 0 Å². The lowest BCUT2D eigenvalue weighted by atomic mass is 9.89. The second kappa shape index (κ2) is 5.93. The van der Waals surface area contributed by atoms with Crippen LogP contribution in [0.1, 0.15) is 40.0 Å². The van der Waals surface area contributed by atoms with Crippen LogP contribution in [0.3, 0.4) is 0 Å². The largest absolute Gasteiger partial charge is 0.308 e. The molecule has 0 radical (unpaired) electrons. The van der Waals surface area contributed by atoms with E-state index in [-0.39, 0.29) is 11.3 Å². The van der Waals surface area contributed by atoms with Crippen molar-refractivity contribution in [3.63, 3.8) is 0 Å². The summed E-state index contributed by atoms with van der Waals surface area (Å²) in [5, 5.41) is 3.75. The Morgan fingerprint density at radius 1 is 1.35 bits per heavy atom. The second-order valence-electron chi connectivity index (χ2n) is 7.46. The Hall–Kier alpha value is -0.130. The summed E-state index contributed by atoms with van der Waals surface area (Å²) < 4.78 is 22.9. The molecule has 1 aliphatic carbocycles. The van der Waals surface area contributed by atoms with Gasteiger partial charge in [-0.25, -0.2) is 8.42 Å². The summed E-state index contributed by atoms with van der Waals surface area (Å²) in [5.74, 6) is 1.71. The molecule has 2 fully saturated rings. The molecule has 2 rings (SSSR count). The molecule has 2 aliphatic rings. The summed E-state index contributed by atoms with van der Waals surface area (Å²) in [6, 6.07) is 0.476. The van der Waals surface area contributed by atoms with Gasteiger partial charge in [0.2, 0.25) is 0 Å². The van der Waals surface area contributed by atoms with Gasteiger partial charge < -0.3 is 5.32 Å². The zero-order valence-electron chi connectivity index (χ0n) is 13.4. The van der Waals surface area contributed by atoms with Crippen molar-refractivity contribution in [1.29, 1.82) is 0 Å². The Balaban J connectivity index is 2.01. The number of nitrogens with one attached hydrogen (secondary N) is 1. The van der Waals surface area contributed by atoms with Crippen LogP contribution in [-0.2, 0) is 9.84 Å². The van der Waals surface area contributed by atoms with E-state index < -0.39 is 9.84 Å². The number of rotatable bonds is 6.